The monoisotopic (exact) mass is 345 g/mol. The van der Waals surface area contributed by atoms with E-state index in [-0.39, 0.29) is 12.5 Å². The van der Waals surface area contributed by atoms with Crippen LogP contribution in [-0.4, -0.2) is 41.2 Å². The predicted molar refractivity (Wildman–Crippen MR) is 79.4 cm³/mol. The summed E-state index contributed by atoms with van der Waals surface area (Å²) in [5.41, 5.74) is 0. The van der Waals surface area contributed by atoms with Crippen molar-refractivity contribution in [3.8, 4) is 0 Å². The van der Waals surface area contributed by atoms with Crippen LogP contribution in [0.3, 0.4) is 0 Å². The number of rotatable bonds is 7. The molecule has 0 saturated heterocycles. The Morgan fingerprint density at radius 1 is 1.32 bits per heavy atom. The number of thioether (sulfide) groups is 1. The standard InChI is InChI=1S/C13H16BrNO3S/c1-15(9-13(17)18)12(16)3-2-8-19-11-6-4-10(14)5-7-11/h4-7H,2-3,8-9H2,1H3,(H,17,18). The molecule has 0 bridgehead atoms. The summed E-state index contributed by atoms with van der Waals surface area (Å²) in [4.78, 5) is 24.4. The molecule has 0 heterocycles. The summed E-state index contributed by atoms with van der Waals surface area (Å²) >= 11 is 5.06. The molecule has 0 aliphatic heterocycles. The number of carboxylic acid groups (broad SMARTS) is 1. The van der Waals surface area contributed by atoms with Crippen LogP contribution in [0.2, 0.25) is 0 Å². The smallest absolute Gasteiger partial charge is 0.323 e. The number of nitrogens with zero attached hydrogens (tertiary/aromatic N) is 1. The first-order chi connectivity index (χ1) is 8.99. The average molecular weight is 346 g/mol. The number of benzene rings is 1. The number of hydrogen-bond donors (Lipinski definition) is 1. The SMILES string of the molecule is CN(CC(=O)O)C(=O)CCCSc1ccc(Br)cc1. The molecule has 19 heavy (non-hydrogen) atoms. The van der Waals surface area contributed by atoms with E-state index in [4.69, 9.17) is 5.11 Å². The summed E-state index contributed by atoms with van der Waals surface area (Å²) in [6.45, 7) is -0.237. The van der Waals surface area contributed by atoms with E-state index in [0.29, 0.717) is 6.42 Å². The maximum absolute atomic E-state index is 11.6. The molecular weight excluding hydrogens is 330 g/mol. The Hall–Kier alpha value is -1.01. The van der Waals surface area contributed by atoms with E-state index >= 15 is 0 Å². The number of hydrogen-bond acceptors (Lipinski definition) is 3. The lowest BCUT2D eigenvalue weighted by Crippen LogP contribution is -2.31. The molecule has 0 aromatic heterocycles. The summed E-state index contributed by atoms with van der Waals surface area (Å²) in [5.74, 6) is -0.271. The van der Waals surface area contributed by atoms with Crippen LogP contribution in [0, 0.1) is 0 Å². The molecule has 1 amide bonds. The van der Waals surface area contributed by atoms with Crippen molar-refractivity contribution in [3.05, 3.63) is 28.7 Å². The van der Waals surface area contributed by atoms with Gasteiger partial charge in [-0.3, -0.25) is 9.59 Å². The van der Waals surface area contributed by atoms with Crippen molar-refractivity contribution in [3.63, 3.8) is 0 Å². The van der Waals surface area contributed by atoms with E-state index < -0.39 is 5.97 Å². The van der Waals surface area contributed by atoms with Crippen LogP contribution in [0.4, 0.5) is 0 Å². The van der Waals surface area contributed by atoms with E-state index in [1.165, 1.54) is 11.9 Å². The second kappa shape index (κ2) is 8.22. The quantitative estimate of drug-likeness (QED) is 0.609. The van der Waals surface area contributed by atoms with Gasteiger partial charge in [0.25, 0.3) is 0 Å². The summed E-state index contributed by atoms with van der Waals surface area (Å²) in [6.07, 6.45) is 1.12. The lowest BCUT2D eigenvalue weighted by atomic mass is 10.3. The third kappa shape index (κ3) is 6.63. The largest absolute Gasteiger partial charge is 0.480 e. The number of carbonyl (C=O) groups excluding carboxylic acids is 1. The Morgan fingerprint density at radius 3 is 2.53 bits per heavy atom. The van der Waals surface area contributed by atoms with E-state index in [9.17, 15) is 9.59 Å². The molecule has 104 valence electrons. The van der Waals surface area contributed by atoms with Crippen molar-refractivity contribution >= 4 is 39.6 Å². The molecule has 1 N–H and O–H groups in total. The topological polar surface area (TPSA) is 57.6 Å². The van der Waals surface area contributed by atoms with Gasteiger partial charge in [0.05, 0.1) is 0 Å². The normalized spacial score (nSPS) is 10.2. The molecule has 0 spiro atoms. The van der Waals surface area contributed by atoms with Gasteiger partial charge in [-0.1, -0.05) is 15.9 Å². The second-order valence-corrected chi connectivity index (χ2v) is 6.13. The second-order valence-electron chi connectivity index (χ2n) is 4.05. The first-order valence-corrected chi connectivity index (χ1v) is 7.61. The molecule has 4 nitrogen and oxygen atoms in total. The van der Waals surface area contributed by atoms with Gasteiger partial charge in [0, 0.05) is 22.8 Å². The van der Waals surface area contributed by atoms with Gasteiger partial charge in [-0.15, -0.1) is 11.8 Å². The van der Waals surface area contributed by atoms with E-state index in [0.717, 1.165) is 21.5 Å². The number of likely N-dealkylation sites (N-methyl/N-ethyl adjacent to an activating group) is 1. The molecule has 1 aromatic rings. The fourth-order valence-corrected chi connectivity index (χ4v) is 2.54. The maximum Gasteiger partial charge on any atom is 0.323 e. The van der Waals surface area contributed by atoms with E-state index in [1.807, 2.05) is 24.3 Å². The van der Waals surface area contributed by atoms with Crippen LogP contribution in [-0.2, 0) is 9.59 Å². The van der Waals surface area contributed by atoms with Gasteiger partial charge in [0.1, 0.15) is 6.54 Å². The average Bonchev–Trinajstić information content (AvgIpc) is 2.35. The van der Waals surface area contributed by atoms with Crippen molar-refractivity contribution in [2.75, 3.05) is 19.3 Å². The zero-order chi connectivity index (χ0) is 14.3. The first-order valence-electron chi connectivity index (χ1n) is 5.83. The fraction of sp³-hybridized carbons (Fsp3) is 0.385. The first kappa shape index (κ1) is 16.0. The van der Waals surface area contributed by atoms with Crippen LogP contribution in [0.15, 0.2) is 33.6 Å². The number of amides is 1. The molecule has 1 aromatic carbocycles. The predicted octanol–water partition coefficient (Wildman–Crippen LogP) is 2.86. The van der Waals surface area contributed by atoms with Crippen LogP contribution in [0.1, 0.15) is 12.8 Å². The van der Waals surface area contributed by atoms with Gasteiger partial charge in [-0.25, -0.2) is 0 Å². The Kier molecular flexibility index (Phi) is 6.94. The fourth-order valence-electron chi connectivity index (χ4n) is 1.43. The Balaban J connectivity index is 2.21. The number of halogens is 1. The highest BCUT2D eigenvalue weighted by molar-refractivity contribution is 9.10. The van der Waals surface area contributed by atoms with E-state index in [2.05, 4.69) is 15.9 Å². The van der Waals surface area contributed by atoms with Gasteiger partial charge < -0.3 is 10.0 Å². The minimum absolute atomic E-state index is 0.126. The zero-order valence-corrected chi connectivity index (χ0v) is 13.0. The van der Waals surface area contributed by atoms with Gasteiger partial charge >= 0.3 is 5.97 Å². The molecule has 1 rings (SSSR count). The van der Waals surface area contributed by atoms with Crippen LogP contribution >= 0.6 is 27.7 Å². The minimum Gasteiger partial charge on any atom is -0.480 e. The van der Waals surface area contributed by atoms with Gasteiger partial charge in [-0.2, -0.15) is 0 Å². The molecule has 0 atom stereocenters. The van der Waals surface area contributed by atoms with Gasteiger partial charge in [0.15, 0.2) is 0 Å². The van der Waals surface area contributed by atoms with Gasteiger partial charge in [-0.05, 0) is 36.4 Å². The Bertz CT molecular complexity index is 436. The van der Waals surface area contributed by atoms with Crippen LogP contribution in [0.5, 0.6) is 0 Å². The highest BCUT2D eigenvalue weighted by atomic mass is 79.9. The summed E-state index contributed by atoms with van der Waals surface area (Å²) in [5, 5.41) is 8.57. The molecular formula is C13H16BrNO3S. The summed E-state index contributed by atoms with van der Waals surface area (Å²) in [6, 6.07) is 8.00. The van der Waals surface area contributed by atoms with E-state index in [1.54, 1.807) is 11.8 Å². The zero-order valence-electron chi connectivity index (χ0n) is 10.6. The van der Waals surface area contributed by atoms with Crippen LogP contribution in [0.25, 0.3) is 0 Å². The van der Waals surface area contributed by atoms with Crippen molar-refractivity contribution in [2.24, 2.45) is 0 Å². The molecule has 0 unspecified atom stereocenters. The molecule has 0 radical (unpaired) electrons. The third-order valence-electron chi connectivity index (χ3n) is 2.42. The minimum atomic E-state index is -0.986. The third-order valence-corrected chi connectivity index (χ3v) is 4.04. The molecule has 0 fully saturated rings. The Morgan fingerprint density at radius 2 is 1.95 bits per heavy atom. The molecule has 0 aliphatic rings. The Labute approximate surface area is 125 Å². The molecule has 0 aliphatic carbocycles. The van der Waals surface area contributed by atoms with Crippen molar-refractivity contribution < 1.29 is 14.7 Å². The van der Waals surface area contributed by atoms with Gasteiger partial charge in [0.2, 0.25) is 5.91 Å². The lowest BCUT2D eigenvalue weighted by Gasteiger charge is -2.14. The highest BCUT2D eigenvalue weighted by Gasteiger charge is 2.11. The summed E-state index contributed by atoms with van der Waals surface area (Å²) in [7, 11) is 1.51. The van der Waals surface area contributed by atoms with Crippen molar-refractivity contribution in [1.82, 2.24) is 4.90 Å². The van der Waals surface area contributed by atoms with Crippen molar-refractivity contribution in [1.29, 1.82) is 0 Å². The molecule has 6 heteroatoms. The van der Waals surface area contributed by atoms with Crippen LogP contribution < -0.4 is 0 Å². The number of aliphatic carboxylic acids is 1. The number of carboxylic acids is 1. The lowest BCUT2D eigenvalue weighted by molar-refractivity contribution is -0.143. The van der Waals surface area contributed by atoms with Crippen molar-refractivity contribution in [2.45, 2.75) is 17.7 Å². The molecule has 0 saturated carbocycles. The summed E-state index contributed by atoms with van der Waals surface area (Å²) < 4.78 is 1.04. The maximum atomic E-state index is 11.6. The highest BCUT2D eigenvalue weighted by Crippen LogP contribution is 2.21. The number of carbonyl (C=O) groups is 2.